The zero-order chi connectivity index (χ0) is 24.0. The highest BCUT2D eigenvalue weighted by molar-refractivity contribution is 5.95. The van der Waals surface area contributed by atoms with E-state index in [9.17, 15) is 4.79 Å². The molecule has 1 fully saturated rings. The second-order valence-corrected chi connectivity index (χ2v) is 8.62. The van der Waals surface area contributed by atoms with E-state index in [0.29, 0.717) is 50.0 Å². The average Bonchev–Trinajstić information content (AvgIpc) is 3.27. The van der Waals surface area contributed by atoms with Gasteiger partial charge in [0.05, 0.1) is 37.7 Å². The fourth-order valence-electron chi connectivity index (χ4n) is 4.44. The maximum atomic E-state index is 13.4. The summed E-state index contributed by atoms with van der Waals surface area (Å²) in [5.74, 6) is 1.22. The fraction of sp³-hybridized carbons (Fsp3) is 0.296. The van der Waals surface area contributed by atoms with E-state index < -0.39 is 0 Å². The molecule has 1 unspecified atom stereocenters. The van der Waals surface area contributed by atoms with E-state index in [4.69, 9.17) is 14.2 Å². The Bertz CT molecular complexity index is 1290. The van der Waals surface area contributed by atoms with Crippen LogP contribution < -0.4 is 9.47 Å². The molecule has 8 heteroatoms. The van der Waals surface area contributed by atoms with Gasteiger partial charge in [-0.2, -0.15) is 5.10 Å². The van der Waals surface area contributed by atoms with Gasteiger partial charge in [0.15, 0.2) is 11.5 Å². The molecule has 1 aliphatic heterocycles. The molecule has 1 aliphatic rings. The van der Waals surface area contributed by atoms with Gasteiger partial charge in [-0.15, -0.1) is 0 Å². The van der Waals surface area contributed by atoms with E-state index in [0.717, 1.165) is 23.0 Å². The first-order valence-electron chi connectivity index (χ1n) is 11.7. The van der Waals surface area contributed by atoms with Gasteiger partial charge in [0, 0.05) is 36.2 Å². The van der Waals surface area contributed by atoms with Crippen LogP contribution in [-0.2, 0) is 17.8 Å². The molecular formula is C27H28N4O4. The first-order valence-corrected chi connectivity index (χ1v) is 11.7. The number of amides is 1. The fourth-order valence-corrected chi connectivity index (χ4v) is 4.44. The van der Waals surface area contributed by atoms with Gasteiger partial charge in [0.25, 0.3) is 5.91 Å². The van der Waals surface area contributed by atoms with Crippen LogP contribution in [-0.4, -0.2) is 59.4 Å². The standard InChI is InChI=1S/C27H28N4O4/c1-33-26-14-21(8-9-25(26)35-18-22-6-2-3-10-28-22)27(32)31-11-12-34-17-19(16-31)13-20-5-4-7-24-23(20)15-29-30-24/h2-10,14-15,19H,11-13,16-18H2,1H3,(H,29,30). The predicted octanol–water partition coefficient (Wildman–Crippen LogP) is 3.88. The van der Waals surface area contributed by atoms with Crippen LogP contribution in [0.2, 0.25) is 0 Å². The number of benzene rings is 2. The lowest BCUT2D eigenvalue weighted by molar-refractivity contribution is 0.0737. The van der Waals surface area contributed by atoms with Crippen molar-refractivity contribution in [1.82, 2.24) is 20.1 Å². The average molecular weight is 473 g/mol. The lowest BCUT2D eigenvalue weighted by atomic mass is 9.97. The molecule has 0 aliphatic carbocycles. The van der Waals surface area contributed by atoms with E-state index in [1.54, 1.807) is 31.5 Å². The zero-order valence-electron chi connectivity index (χ0n) is 19.6. The number of fused-ring (bicyclic) bond motifs is 1. The van der Waals surface area contributed by atoms with Crippen LogP contribution in [0.3, 0.4) is 0 Å². The number of carbonyl (C=O) groups is 1. The lowest BCUT2D eigenvalue weighted by Gasteiger charge is -2.24. The summed E-state index contributed by atoms with van der Waals surface area (Å²) in [4.78, 5) is 19.6. The van der Waals surface area contributed by atoms with Crippen LogP contribution in [0, 0.1) is 5.92 Å². The molecule has 5 rings (SSSR count). The summed E-state index contributed by atoms with van der Waals surface area (Å²) in [6, 6.07) is 17.1. The zero-order valence-corrected chi connectivity index (χ0v) is 19.6. The number of rotatable bonds is 7. The Morgan fingerprint density at radius 2 is 2.11 bits per heavy atom. The highest BCUT2D eigenvalue weighted by Gasteiger charge is 2.25. The van der Waals surface area contributed by atoms with E-state index >= 15 is 0 Å². The molecule has 0 spiro atoms. The Balaban J connectivity index is 1.28. The number of hydrogen-bond donors (Lipinski definition) is 1. The number of nitrogens with zero attached hydrogens (tertiary/aromatic N) is 3. The Kier molecular flexibility index (Phi) is 6.90. The number of ether oxygens (including phenoxy) is 3. The third-order valence-electron chi connectivity index (χ3n) is 6.22. The normalized spacial score (nSPS) is 16.1. The minimum Gasteiger partial charge on any atom is -0.493 e. The van der Waals surface area contributed by atoms with Crippen molar-refractivity contribution in [1.29, 1.82) is 0 Å². The number of pyridine rings is 1. The van der Waals surface area contributed by atoms with Gasteiger partial charge in [-0.3, -0.25) is 14.9 Å². The summed E-state index contributed by atoms with van der Waals surface area (Å²) in [7, 11) is 1.57. The number of H-pyrrole nitrogens is 1. The molecule has 180 valence electrons. The second kappa shape index (κ2) is 10.6. The Morgan fingerprint density at radius 3 is 2.97 bits per heavy atom. The molecule has 3 heterocycles. The van der Waals surface area contributed by atoms with E-state index in [2.05, 4.69) is 21.2 Å². The van der Waals surface area contributed by atoms with Gasteiger partial charge >= 0.3 is 0 Å². The Morgan fingerprint density at radius 1 is 1.17 bits per heavy atom. The minimum absolute atomic E-state index is 0.0448. The van der Waals surface area contributed by atoms with E-state index in [-0.39, 0.29) is 11.8 Å². The maximum Gasteiger partial charge on any atom is 0.254 e. The molecular weight excluding hydrogens is 444 g/mol. The van der Waals surface area contributed by atoms with Gasteiger partial charge in [-0.25, -0.2) is 0 Å². The van der Waals surface area contributed by atoms with Crippen molar-refractivity contribution < 1.29 is 19.0 Å². The van der Waals surface area contributed by atoms with Crippen LogP contribution in [0.1, 0.15) is 21.6 Å². The van der Waals surface area contributed by atoms with Gasteiger partial charge in [0.1, 0.15) is 6.61 Å². The number of nitrogens with one attached hydrogen (secondary N) is 1. The first-order chi connectivity index (χ1) is 17.2. The van der Waals surface area contributed by atoms with Crippen LogP contribution >= 0.6 is 0 Å². The van der Waals surface area contributed by atoms with Crippen molar-refractivity contribution >= 4 is 16.8 Å². The van der Waals surface area contributed by atoms with Gasteiger partial charge in [0.2, 0.25) is 0 Å². The van der Waals surface area contributed by atoms with E-state index in [1.165, 1.54) is 5.56 Å². The summed E-state index contributed by atoms with van der Waals surface area (Å²) in [6.45, 7) is 2.61. The largest absolute Gasteiger partial charge is 0.493 e. The summed E-state index contributed by atoms with van der Waals surface area (Å²) < 4.78 is 17.3. The molecule has 0 saturated carbocycles. The van der Waals surface area contributed by atoms with Crippen molar-refractivity contribution in [2.24, 2.45) is 5.92 Å². The summed E-state index contributed by atoms with van der Waals surface area (Å²) in [6.07, 6.45) is 4.39. The van der Waals surface area contributed by atoms with Gasteiger partial charge in [-0.1, -0.05) is 18.2 Å². The molecule has 1 N–H and O–H groups in total. The Labute approximate surface area is 203 Å². The van der Waals surface area contributed by atoms with Crippen molar-refractivity contribution in [3.05, 3.63) is 83.8 Å². The number of carbonyl (C=O) groups excluding carboxylic acids is 1. The van der Waals surface area contributed by atoms with Crippen LogP contribution in [0.4, 0.5) is 0 Å². The SMILES string of the molecule is COc1cc(C(=O)N2CCOCC(Cc3cccc4[nH]ncc34)C2)ccc1OCc1ccccn1. The smallest absolute Gasteiger partial charge is 0.254 e. The van der Waals surface area contributed by atoms with Gasteiger partial charge < -0.3 is 19.1 Å². The monoisotopic (exact) mass is 472 g/mol. The molecule has 0 bridgehead atoms. The quantitative estimate of drug-likeness (QED) is 0.439. The number of aromatic amines is 1. The van der Waals surface area contributed by atoms with Crippen LogP contribution in [0.25, 0.3) is 10.9 Å². The minimum atomic E-state index is -0.0448. The van der Waals surface area contributed by atoms with Crippen molar-refractivity contribution in [2.45, 2.75) is 13.0 Å². The molecule has 0 radical (unpaired) electrons. The third kappa shape index (κ3) is 5.27. The topological polar surface area (TPSA) is 89.6 Å². The molecule has 2 aromatic carbocycles. The number of hydrogen-bond acceptors (Lipinski definition) is 6. The maximum absolute atomic E-state index is 13.4. The first kappa shape index (κ1) is 22.9. The molecule has 8 nitrogen and oxygen atoms in total. The van der Waals surface area contributed by atoms with Gasteiger partial charge in [-0.05, 0) is 48.4 Å². The molecule has 35 heavy (non-hydrogen) atoms. The number of aromatic nitrogens is 3. The Hall–Kier alpha value is -3.91. The number of methoxy groups -OCH3 is 1. The third-order valence-corrected chi connectivity index (χ3v) is 6.22. The summed E-state index contributed by atoms with van der Waals surface area (Å²) in [5, 5.41) is 8.30. The predicted molar refractivity (Wildman–Crippen MR) is 132 cm³/mol. The summed E-state index contributed by atoms with van der Waals surface area (Å²) >= 11 is 0. The van der Waals surface area contributed by atoms with Crippen molar-refractivity contribution in [3.8, 4) is 11.5 Å². The lowest BCUT2D eigenvalue weighted by Crippen LogP contribution is -2.36. The van der Waals surface area contributed by atoms with E-state index in [1.807, 2.05) is 41.4 Å². The molecule has 1 amide bonds. The molecule has 4 aromatic rings. The van der Waals surface area contributed by atoms with Crippen LogP contribution in [0.15, 0.2) is 67.0 Å². The highest BCUT2D eigenvalue weighted by Crippen LogP contribution is 2.30. The van der Waals surface area contributed by atoms with Crippen molar-refractivity contribution in [3.63, 3.8) is 0 Å². The van der Waals surface area contributed by atoms with Crippen LogP contribution in [0.5, 0.6) is 11.5 Å². The van der Waals surface area contributed by atoms with Crippen molar-refractivity contribution in [2.75, 3.05) is 33.4 Å². The molecule has 1 atom stereocenters. The molecule has 1 saturated heterocycles. The molecule has 2 aromatic heterocycles. The summed E-state index contributed by atoms with van der Waals surface area (Å²) in [5.41, 5.74) is 3.60. The second-order valence-electron chi connectivity index (χ2n) is 8.62. The highest BCUT2D eigenvalue weighted by atomic mass is 16.5.